The minimum Gasteiger partial charge on any atom is -0.349 e. The second-order valence-electron chi connectivity index (χ2n) is 6.59. The molecule has 4 nitrogen and oxygen atoms in total. The van der Waals surface area contributed by atoms with Gasteiger partial charge in [-0.2, -0.15) is 0 Å². The van der Waals surface area contributed by atoms with Crippen molar-refractivity contribution < 1.29 is 14.0 Å². The zero-order valence-corrected chi connectivity index (χ0v) is 19.5. The van der Waals surface area contributed by atoms with Crippen molar-refractivity contribution in [2.75, 3.05) is 18.5 Å². The Morgan fingerprint density at radius 2 is 1.63 bits per heavy atom. The Labute approximate surface area is 201 Å². The van der Waals surface area contributed by atoms with Crippen molar-refractivity contribution in [3.63, 3.8) is 0 Å². The molecule has 0 radical (unpaired) electrons. The van der Waals surface area contributed by atoms with Crippen molar-refractivity contribution in [2.45, 2.75) is 10.3 Å². The van der Waals surface area contributed by atoms with E-state index in [1.807, 2.05) is 0 Å². The molecule has 30 heavy (non-hydrogen) atoms. The van der Waals surface area contributed by atoms with Crippen LogP contribution in [-0.2, 0) is 4.79 Å². The molecular formula is C19H13Cl6FN2O2. The fourth-order valence-electron chi connectivity index (χ4n) is 3.12. The quantitative estimate of drug-likeness (QED) is 0.416. The molecule has 0 saturated heterocycles. The van der Waals surface area contributed by atoms with E-state index < -0.39 is 34.7 Å². The van der Waals surface area contributed by atoms with E-state index in [0.29, 0.717) is 15.6 Å². The van der Waals surface area contributed by atoms with E-state index in [1.54, 1.807) is 18.2 Å². The highest BCUT2D eigenvalue weighted by molar-refractivity contribution is 6.53. The van der Waals surface area contributed by atoms with Crippen LogP contribution in [0.3, 0.4) is 0 Å². The van der Waals surface area contributed by atoms with Crippen LogP contribution in [0.2, 0.25) is 20.1 Å². The van der Waals surface area contributed by atoms with Crippen molar-refractivity contribution in [2.24, 2.45) is 5.92 Å². The number of rotatable bonds is 6. The number of carbonyl (C=O) groups is 2. The lowest BCUT2D eigenvalue weighted by molar-refractivity contribution is -0.117. The molecule has 0 aliphatic heterocycles. The molecule has 3 rings (SSSR count). The van der Waals surface area contributed by atoms with Gasteiger partial charge in [-0.05, 0) is 35.9 Å². The van der Waals surface area contributed by atoms with Gasteiger partial charge >= 0.3 is 0 Å². The van der Waals surface area contributed by atoms with Crippen LogP contribution in [0.1, 0.15) is 21.8 Å². The number of halogens is 7. The van der Waals surface area contributed by atoms with Gasteiger partial charge in [0.1, 0.15) is 11.0 Å². The van der Waals surface area contributed by atoms with Crippen molar-refractivity contribution in [3.05, 3.63) is 61.5 Å². The third-order valence-corrected chi connectivity index (χ3v) is 6.68. The number of hydrogen-bond donors (Lipinski definition) is 2. The molecule has 0 aromatic heterocycles. The fraction of sp³-hybridized carbons (Fsp3) is 0.263. The molecule has 0 heterocycles. The summed E-state index contributed by atoms with van der Waals surface area (Å²) in [5.41, 5.74) is 0.821. The number of carbonyl (C=O) groups excluding carboxylic acids is 2. The van der Waals surface area contributed by atoms with Gasteiger partial charge in [0.05, 0.1) is 21.5 Å². The summed E-state index contributed by atoms with van der Waals surface area (Å²) >= 11 is 36.9. The van der Waals surface area contributed by atoms with Crippen molar-refractivity contribution in [1.29, 1.82) is 0 Å². The maximum atomic E-state index is 12.8. The second kappa shape index (κ2) is 9.27. The summed E-state index contributed by atoms with van der Waals surface area (Å²) in [6.45, 7) is -0.923. The molecule has 0 spiro atoms. The van der Waals surface area contributed by atoms with Gasteiger partial charge in [-0.25, -0.2) is 4.39 Å². The Morgan fingerprint density at radius 3 is 2.23 bits per heavy atom. The lowest BCUT2D eigenvalue weighted by Gasteiger charge is -2.11. The van der Waals surface area contributed by atoms with Gasteiger partial charge in [0.2, 0.25) is 5.91 Å². The fourth-order valence-corrected chi connectivity index (χ4v) is 4.91. The molecule has 1 aliphatic carbocycles. The van der Waals surface area contributed by atoms with Gasteiger partial charge in [0.25, 0.3) is 5.91 Å². The minimum atomic E-state index is -1.37. The summed E-state index contributed by atoms with van der Waals surface area (Å²) < 4.78 is 11.0. The Morgan fingerprint density at radius 1 is 1.00 bits per heavy atom. The summed E-state index contributed by atoms with van der Waals surface area (Å²) in [5, 5.41) is 5.78. The number of hydrogen-bond acceptors (Lipinski definition) is 2. The highest BCUT2D eigenvalue weighted by Crippen LogP contribution is 2.65. The molecule has 11 heteroatoms. The highest BCUT2D eigenvalue weighted by atomic mass is 35.5. The molecular weight excluding hydrogens is 520 g/mol. The molecule has 160 valence electrons. The average Bonchev–Trinajstić information content (AvgIpc) is 3.24. The Kier molecular flexibility index (Phi) is 7.33. The number of benzene rings is 2. The zero-order valence-electron chi connectivity index (χ0n) is 14.9. The first-order valence-electron chi connectivity index (χ1n) is 8.54. The molecule has 1 fully saturated rings. The zero-order chi connectivity index (χ0) is 22.2. The number of alkyl halides is 3. The maximum absolute atomic E-state index is 12.8. The van der Waals surface area contributed by atoms with Crippen LogP contribution < -0.4 is 10.6 Å². The first-order chi connectivity index (χ1) is 14.1. The van der Waals surface area contributed by atoms with E-state index in [4.69, 9.17) is 69.6 Å². The SMILES string of the molecule is O=C(NCCF)c1cc(NC(=O)[C@@H]2[C@@H](c3cc(Cl)cc(Cl)c3)C2(Cl)Cl)cc(Cl)c1Cl. The summed E-state index contributed by atoms with van der Waals surface area (Å²) in [5.74, 6) is -2.45. The number of amides is 2. The minimum absolute atomic E-state index is 0.00935. The summed E-state index contributed by atoms with van der Waals surface area (Å²) in [6.07, 6.45) is 0. The molecule has 0 unspecified atom stereocenters. The topological polar surface area (TPSA) is 58.2 Å². The Bertz CT molecular complexity index is 997. The van der Waals surface area contributed by atoms with E-state index in [-0.39, 0.29) is 27.8 Å². The second-order valence-corrected chi connectivity index (χ2v) is 9.69. The molecule has 2 aromatic rings. The summed E-state index contributed by atoms with van der Waals surface area (Å²) in [4.78, 5) is 25.0. The molecule has 2 N–H and O–H groups in total. The van der Waals surface area contributed by atoms with E-state index in [1.165, 1.54) is 12.1 Å². The van der Waals surface area contributed by atoms with Gasteiger partial charge in [-0.15, -0.1) is 23.2 Å². The smallest absolute Gasteiger partial charge is 0.253 e. The third-order valence-electron chi connectivity index (χ3n) is 4.50. The summed E-state index contributed by atoms with van der Waals surface area (Å²) in [7, 11) is 0. The molecule has 1 saturated carbocycles. The normalized spacial score (nSPS) is 19.3. The van der Waals surface area contributed by atoms with Crippen molar-refractivity contribution in [3.8, 4) is 0 Å². The van der Waals surface area contributed by atoms with Crippen LogP contribution in [-0.4, -0.2) is 29.4 Å². The predicted molar refractivity (Wildman–Crippen MR) is 121 cm³/mol. The summed E-state index contributed by atoms with van der Waals surface area (Å²) in [6, 6.07) is 7.54. The number of nitrogens with one attached hydrogen (secondary N) is 2. The van der Waals surface area contributed by atoms with E-state index in [0.717, 1.165) is 0 Å². The third kappa shape index (κ3) is 4.93. The van der Waals surface area contributed by atoms with Crippen LogP contribution in [0, 0.1) is 5.92 Å². The van der Waals surface area contributed by atoms with Crippen molar-refractivity contribution in [1.82, 2.24) is 5.32 Å². The molecule has 2 amide bonds. The predicted octanol–water partition coefficient (Wildman–Crippen LogP) is 6.53. The van der Waals surface area contributed by atoms with Gasteiger partial charge in [-0.1, -0.05) is 46.4 Å². The van der Waals surface area contributed by atoms with E-state index in [9.17, 15) is 14.0 Å². The standard InChI is InChI=1S/C19H13Cl6FN2O2/c20-9-3-8(4-10(21)5-9)14-15(19(14,24)25)18(30)28-11-6-12(16(23)13(22)7-11)17(29)27-2-1-26/h3-7,14-15H,1-2H2,(H,27,29)(H,28,30)/t14-,15+/m1/s1. The van der Waals surface area contributed by atoms with Crippen LogP contribution in [0.4, 0.5) is 10.1 Å². The lowest BCUT2D eigenvalue weighted by Crippen LogP contribution is -2.26. The molecule has 1 aliphatic rings. The van der Waals surface area contributed by atoms with Crippen LogP contribution in [0.25, 0.3) is 0 Å². The highest BCUT2D eigenvalue weighted by Gasteiger charge is 2.67. The first-order valence-corrected chi connectivity index (χ1v) is 10.8. The van der Waals surface area contributed by atoms with E-state index >= 15 is 0 Å². The lowest BCUT2D eigenvalue weighted by atomic mass is 10.1. The monoisotopic (exact) mass is 530 g/mol. The van der Waals surface area contributed by atoms with Crippen LogP contribution in [0.5, 0.6) is 0 Å². The molecule has 0 bridgehead atoms. The van der Waals surface area contributed by atoms with Crippen molar-refractivity contribution >= 4 is 87.1 Å². The van der Waals surface area contributed by atoms with Crippen LogP contribution >= 0.6 is 69.6 Å². The average molecular weight is 533 g/mol. The van der Waals surface area contributed by atoms with Crippen LogP contribution in [0.15, 0.2) is 30.3 Å². The maximum Gasteiger partial charge on any atom is 0.253 e. The largest absolute Gasteiger partial charge is 0.349 e. The Hall–Kier alpha value is -0.950. The molecule has 2 aromatic carbocycles. The number of anilines is 1. The first kappa shape index (κ1) is 23.7. The van der Waals surface area contributed by atoms with Gasteiger partial charge in [-0.3, -0.25) is 9.59 Å². The molecule has 2 atom stereocenters. The van der Waals surface area contributed by atoms with E-state index in [2.05, 4.69) is 10.6 Å². The van der Waals surface area contributed by atoms with Gasteiger partial charge < -0.3 is 10.6 Å². The Balaban J connectivity index is 1.82. The van der Waals surface area contributed by atoms with Gasteiger partial charge in [0, 0.05) is 28.2 Å². The van der Waals surface area contributed by atoms with Gasteiger partial charge in [0.15, 0.2) is 0 Å².